The molecule has 5 fully saturated rings. The Hall–Kier alpha value is -8.94. The Kier molecular flexibility index (Phi) is 29.9. The minimum Gasteiger partial charge on any atom is -0.450 e. The number of carbonyl (C=O) groups is 3. The van der Waals surface area contributed by atoms with Crippen molar-refractivity contribution in [3.05, 3.63) is 258 Å². The molecule has 6 aromatic rings. The summed E-state index contributed by atoms with van der Waals surface area (Å²) < 4.78 is 66.1. The van der Waals surface area contributed by atoms with E-state index < -0.39 is 147 Å². The summed E-state index contributed by atoms with van der Waals surface area (Å²) in [4.78, 5) is 116. The van der Waals surface area contributed by atoms with Crippen molar-refractivity contribution in [1.82, 2.24) is 28.7 Å². The number of benzene rings is 3. The normalized spacial score (nSPS) is 28.9. The second kappa shape index (κ2) is 37.8. The van der Waals surface area contributed by atoms with Crippen LogP contribution in [0.2, 0.25) is 22.2 Å². The monoisotopic (exact) mass is 1590 g/mol. The van der Waals surface area contributed by atoms with Crippen LogP contribution in [0.4, 0.5) is 0 Å². The zero-order valence-electron chi connectivity index (χ0n) is 65.5. The van der Waals surface area contributed by atoms with Gasteiger partial charge in [-0.2, -0.15) is 0 Å². The molecule has 29 nitrogen and oxygen atoms in total. The molecule has 0 bridgehead atoms. The molecule has 5 aliphatic heterocycles. The minimum atomic E-state index is -3.02. The van der Waals surface area contributed by atoms with E-state index in [9.17, 15) is 58.5 Å². The topological polar surface area (TPSA) is 389 Å². The second-order valence-electron chi connectivity index (χ2n) is 29.8. The van der Waals surface area contributed by atoms with Gasteiger partial charge in [0.2, 0.25) is 6.29 Å². The van der Waals surface area contributed by atoms with E-state index in [1.54, 1.807) is 91.0 Å². The first kappa shape index (κ1) is 88.6. The summed E-state index contributed by atoms with van der Waals surface area (Å²) in [5.74, 6) is -1.90. The Labute approximate surface area is 652 Å². The number of esters is 3. The lowest BCUT2D eigenvalue weighted by Gasteiger charge is -2.52. The van der Waals surface area contributed by atoms with E-state index in [-0.39, 0.29) is 65.7 Å². The van der Waals surface area contributed by atoms with Crippen molar-refractivity contribution in [2.75, 3.05) is 13.2 Å². The fourth-order valence-corrected chi connectivity index (χ4v) is 26.7. The van der Waals surface area contributed by atoms with Crippen molar-refractivity contribution in [3.8, 4) is 0 Å². The SMILES string of the molecule is C=CC[C@]1(O)C(n2ccc(=O)[nH]c2=O)OC(CO)[C@H]1O.C=CC[C@]1(O)C(n2ccc(=O)[nH]c2=O)OC2CO[Si](C(C)C)(C(C)C)O[Si](C(C)C)(C(C)C)O[C@H]21.C=CC[C@]1(OC(=O)c2ccccc2)C(OC(=O)c2ccccc2)OC(CC)[C@H]1C.C=CC[C@]1(OC(=O)c2ccccc2)C(n2ccc(=O)[nH]c2=O)OC(CC)[C@H]1C. The van der Waals surface area contributed by atoms with Crippen molar-refractivity contribution in [3.63, 3.8) is 0 Å². The average Bonchev–Trinajstić information content (AvgIpc) is 1.50. The summed E-state index contributed by atoms with van der Waals surface area (Å²) in [7, 11) is -5.81. The number of nitrogens with one attached hydrogen (secondary N) is 3. The molecule has 608 valence electrons. The molecule has 8 heterocycles. The first-order valence-electron chi connectivity index (χ1n) is 37.7. The van der Waals surface area contributed by atoms with Gasteiger partial charge in [0.05, 0.1) is 42.1 Å². The largest absolute Gasteiger partial charge is 0.450 e. The lowest BCUT2D eigenvalue weighted by molar-refractivity contribution is -0.175. The Morgan fingerprint density at radius 2 is 0.893 bits per heavy atom. The molecule has 11 rings (SSSR count). The predicted octanol–water partition coefficient (Wildman–Crippen LogP) is 9.23. The van der Waals surface area contributed by atoms with E-state index in [2.05, 4.69) is 91.7 Å². The molecule has 0 aliphatic carbocycles. The first-order valence-corrected chi connectivity index (χ1v) is 41.7. The highest BCUT2D eigenvalue weighted by molar-refractivity contribution is 6.84. The minimum absolute atomic E-state index is 0.0547. The third kappa shape index (κ3) is 18.3. The van der Waals surface area contributed by atoms with Gasteiger partial charge in [0.15, 0.2) is 29.9 Å². The van der Waals surface area contributed by atoms with Crippen molar-refractivity contribution >= 4 is 35.0 Å². The number of H-pyrrole nitrogens is 3. The number of aliphatic hydroxyl groups excluding tert-OH is 2. The van der Waals surface area contributed by atoms with E-state index in [0.29, 0.717) is 42.4 Å². The number of hydrogen-bond donors (Lipinski definition) is 7. The quantitative estimate of drug-likeness (QED) is 0.0128. The fraction of sp³-hybridized carbons (Fsp3) is 0.494. The van der Waals surface area contributed by atoms with Crippen molar-refractivity contribution < 1.29 is 80.9 Å². The van der Waals surface area contributed by atoms with Crippen LogP contribution < -0.4 is 33.7 Å². The Bertz CT molecular complexity index is 4570. The summed E-state index contributed by atoms with van der Waals surface area (Å²) in [5.41, 5.74) is -7.72. The van der Waals surface area contributed by atoms with Crippen LogP contribution in [0.3, 0.4) is 0 Å². The van der Waals surface area contributed by atoms with Gasteiger partial charge in [-0.1, -0.05) is 162 Å². The summed E-state index contributed by atoms with van der Waals surface area (Å²) in [5, 5.41) is 41.9. The molecule has 0 radical (unpaired) electrons. The number of carbonyl (C=O) groups excluding carboxylic acids is 3. The van der Waals surface area contributed by atoms with Gasteiger partial charge in [-0.05, 0) is 71.4 Å². The maximum Gasteiger partial charge on any atom is 0.340 e. The third-order valence-electron chi connectivity index (χ3n) is 21.5. The molecule has 112 heavy (non-hydrogen) atoms. The molecular weight excluding hydrogens is 1480 g/mol. The van der Waals surface area contributed by atoms with E-state index in [1.807, 2.05) is 50.9 Å². The predicted molar refractivity (Wildman–Crippen MR) is 420 cm³/mol. The van der Waals surface area contributed by atoms with Crippen LogP contribution in [0.1, 0.15) is 171 Å². The molecule has 7 N–H and O–H groups in total. The smallest absolute Gasteiger partial charge is 0.340 e. The molecule has 8 unspecified atom stereocenters. The van der Waals surface area contributed by atoms with E-state index in [4.69, 9.17) is 51.2 Å². The van der Waals surface area contributed by atoms with Gasteiger partial charge in [-0.25, -0.2) is 28.8 Å². The molecule has 3 aromatic heterocycles. The summed E-state index contributed by atoms with van der Waals surface area (Å²) in [6.45, 7) is 39.4. The Morgan fingerprint density at radius 1 is 0.518 bits per heavy atom. The number of aliphatic hydroxyl groups is 4. The third-order valence-corrected chi connectivity index (χ3v) is 31.8. The maximum atomic E-state index is 12.9. The van der Waals surface area contributed by atoms with Gasteiger partial charge in [0.25, 0.3) is 16.7 Å². The molecule has 5 aliphatic rings. The summed E-state index contributed by atoms with van der Waals surface area (Å²) >= 11 is 0. The van der Waals surface area contributed by atoms with Crippen molar-refractivity contribution in [2.24, 2.45) is 11.8 Å². The molecule has 16 atom stereocenters. The fourth-order valence-electron chi connectivity index (χ4n) is 15.5. The van der Waals surface area contributed by atoms with Crippen LogP contribution in [0, 0.1) is 11.8 Å². The van der Waals surface area contributed by atoms with Crippen LogP contribution in [-0.2, 0) is 46.1 Å². The van der Waals surface area contributed by atoms with Gasteiger partial charge in [0, 0.05) is 74.3 Å². The zero-order chi connectivity index (χ0) is 82.4. The number of aromatic nitrogens is 6. The van der Waals surface area contributed by atoms with Crippen LogP contribution in [0.5, 0.6) is 0 Å². The molecule has 3 aromatic carbocycles. The van der Waals surface area contributed by atoms with Crippen molar-refractivity contribution in [2.45, 2.75) is 228 Å². The van der Waals surface area contributed by atoms with Gasteiger partial charge in [-0.15, -0.1) is 26.3 Å². The standard InChI is InChI=1S/C24H42N2O7Si2.C24H26O5.C21H24N2O5.C12H16N2O6/c1-10-12-24(29)21-19(31-22(24)26-13-11-20(27)25-23(26)28)14-30-34(15(2)3,16(4)5)33-35(32-21,17(6)7)18(8)9;1-4-16-24(29-22(26)19-14-10-7-11-15-19)17(3)20(5-2)27-23(24)28-21(25)18-12-8-6-9-13-18;1-4-12-21(28-18(25)15-9-7-6-8-10-15)14(3)16(5-2)27-19(21)23-13-11-17(24)22-20(23)26;1-2-4-12(19)9(17)7(6-15)20-10(12)14-5-3-8(16)13-11(14)18/h10-11,13,15-19,21-22,29H,1,12,14H2,2-9H3,(H,25,27,28);4,6-15,17,20,23H,1,5,16H2,2-3H3;4,6-11,13-14,16,19H,1,5,12H2,2-3H3,(H,22,24,26);2-3,5,7,9-10,15,17,19H,1,4,6H2,(H,13,16,18)/t19?,21-,22?,24-;17-,20?,23?,24-;14-,16?,19?,21-;7?,9-,10?,12-/m1111/s1. The molecular formula is C81H108N6O23Si2. The highest BCUT2D eigenvalue weighted by Crippen LogP contribution is 2.53. The Morgan fingerprint density at radius 3 is 1.30 bits per heavy atom. The summed E-state index contributed by atoms with van der Waals surface area (Å²) in [6.07, 6.45) is 3.60. The molecule has 0 saturated carbocycles. The molecule has 5 saturated heterocycles. The van der Waals surface area contributed by atoms with Crippen molar-refractivity contribution in [1.29, 1.82) is 0 Å². The molecule has 0 spiro atoms. The van der Waals surface area contributed by atoms with Gasteiger partial charge < -0.3 is 66.6 Å². The summed E-state index contributed by atoms with van der Waals surface area (Å²) in [6, 6.07) is 29.7. The van der Waals surface area contributed by atoms with Crippen LogP contribution in [-0.4, -0.2) is 163 Å². The average molecular weight is 1590 g/mol. The van der Waals surface area contributed by atoms with Gasteiger partial charge in [-0.3, -0.25) is 43.0 Å². The van der Waals surface area contributed by atoms with E-state index in [0.717, 1.165) is 16.8 Å². The van der Waals surface area contributed by atoms with Gasteiger partial charge in [0.1, 0.15) is 35.6 Å². The second-order valence-corrected chi connectivity index (χ2v) is 38.7. The number of fused-ring (bicyclic) bond motifs is 1. The van der Waals surface area contributed by atoms with E-state index >= 15 is 0 Å². The maximum absolute atomic E-state index is 12.9. The first-order chi connectivity index (χ1) is 53.1. The molecule has 31 heteroatoms. The zero-order valence-corrected chi connectivity index (χ0v) is 67.5. The highest BCUT2D eigenvalue weighted by atomic mass is 28.5. The van der Waals surface area contributed by atoms with Gasteiger partial charge >= 0.3 is 52.1 Å². The highest BCUT2D eigenvalue weighted by Gasteiger charge is 2.66. The number of rotatable bonds is 24. The number of aromatic amines is 3. The van der Waals surface area contributed by atoms with Crippen LogP contribution in [0.15, 0.2) is 207 Å². The van der Waals surface area contributed by atoms with Crippen LogP contribution >= 0.6 is 0 Å². The van der Waals surface area contributed by atoms with Crippen LogP contribution in [0.25, 0.3) is 0 Å². The molecule has 0 amide bonds. The van der Waals surface area contributed by atoms with E-state index in [1.165, 1.54) is 39.7 Å². The number of hydrogen-bond acceptors (Lipinski definition) is 23. The number of ether oxygens (including phenoxy) is 7. The lowest BCUT2D eigenvalue weighted by Crippen LogP contribution is -2.67. The lowest BCUT2D eigenvalue weighted by atomic mass is 9.82. The number of nitrogens with zero attached hydrogens (tertiary/aromatic N) is 3. The Balaban J connectivity index is 0.000000190.